The van der Waals surface area contributed by atoms with Gasteiger partial charge in [-0.25, -0.2) is 5.90 Å². The summed E-state index contributed by atoms with van der Waals surface area (Å²) in [5.74, 6) is 4.93. The van der Waals surface area contributed by atoms with Crippen molar-refractivity contribution in [2.75, 3.05) is 0 Å². The molecule has 2 atom stereocenters. The average molecular weight is 131 g/mol. The van der Waals surface area contributed by atoms with Crippen molar-refractivity contribution >= 4 is 0 Å². The fourth-order valence-corrected chi connectivity index (χ4v) is 1.24. The molecule has 1 aliphatic rings. The van der Waals surface area contributed by atoms with Gasteiger partial charge in [-0.1, -0.05) is 12.8 Å². The van der Waals surface area contributed by atoms with Crippen molar-refractivity contribution in [2.24, 2.45) is 5.90 Å². The van der Waals surface area contributed by atoms with E-state index in [1.807, 2.05) is 0 Å². The molecule has 0 aromatic rings. The minimum absolute atomic E-state index is 0.112. The quantitative estimate of drug-likeness (QED) is 0.499. The van der Waals surface area contributed by atoms with E-state index in [2.05, 4.69) is 4.84 Å². The molecule has 9 heavy (non-hydrogen) atoms. The van der Waals surface area contributed by atoms with Gasteiger partial charge < -0.3 is 5.11 Å². The van der Waals surface area contributed by atoms with Crippen molar-refractivity contribution < 1.29 is 9.94 Å². The zero-order valence-corrected chi connectivity index (χ0v) is 5.42. The van der Waals surface area contributed by atoms with Crippen LogP contribution in [0.25, 0.3) is 0 Å². The first-order valence-electron chi connectivity index (χ1n) is 3.38. The second-order valence-electron chi connectivity index (χ2n) is 2.53. The molecule has 0 aromatic heterocycles. The predicted octanol–water partition coefficient (Wildman–Crippen LogP) is 0.180. The molecule has 2 unspecified atom stereocenters. The molecule has 0 amide bonds. The van der Waals surface area contributed by atoms with Gasteiger partial charge >= 0.3 is 0 Å². The highest BCUT2D eigenvalue weighted by Crippen LogP contribution is 2.19. The van der Waals surface area contributed by atoms with Crippen molar-refractivity contribution in [1.29, 1.82) is 0 Å². The smallest absolute Gasteiger partial charge is 0.105 e. The molecular weight excluding hydrogens is 118 g/mol. The Balaban J connectivity index is 2.30. The van der Waals surface area contributed by atoms with Gasteiger partial charge in [0.15, 0.2) is 0 Å². The maximum atomic E-state index is 9.16. The summed E-state index contributed by atoms with van der Waals surface area (Å²) < 4.78 is 0. The largest absolute Gasteiger partial charge is 0.390 e. The summed E-state index contributed by atoms with van der Waals surface area (Å²) in [5.41, 5.74) is 0. The second-order valence-corrected chi connectivity index (χ2v) is 2.53. The van der Waals surface area contributed by atoms with E-state index in [1.54, 1.807) is 0 Å². The van der Waals surface area contributed by atoms with Gasteiger partial charge in [0.2, 0.25) is 0 Å². The normalized spacial score (nSPS) is 36.7. The van der Waals surface area contributed by atoms with Crippen molar-refractivity contribution in [3.8, 4) is 0 Å². The molecule has 1 fully saturated rings. The monoisotopic (exact) mass is 131 g/mol. The third-order valence-corrected chi connectivity index (χ3v) is 1.84. The Kier molecular flexibility index (Phi) is 2.45. The van der Waals surface area contributed by atoms with Crippen LogP contribution in [0, 0.1) is 0 Å². The molecule has 1 rings (SSSR count). The molecule has 3 heteroatoms. The first-order valence-corrected chi connectivity index (χ1v) is 3.38. The van der Waals surface area contributed by atoms with Gasteiger partial charge in [0.1, 0.15) is 6.10 Å². The molecule has 1 saturated carbocycles. The minimum atomic E-state index is -0.330. The Morgan fingerprint density at radius 2 is 2.00 bits per heavy atom. The lowest BCUT2D eigenvalue weighted by atomic mass is 9.95. The molecule has 0 heterocycles. The van der Waals surface area contributed by atoms with Gasteiger partial charge in [-0.05, 0) is 12.8 Å². The van der Waals surface area contributed by atoms with Crippen LogP contribution < -0.4 is 5.90 Å². The van der Waals surface area contributed by atoms with Crippen molar-refractivity contribution in [1.82, 2.24) is 0 Å². The molecular formula is C6H13NO2. The van der Waals surface area contributed by atoms with Crippen LogP contribution in [0.4, 0.5) is 0 Å². The van der Waals surface area contributed by atoms with Crippen molar-refractivity contribution in [3.05, 3.63) is 0 Å². The highest BCUT2D eigenvalue weighted by molar-refractivity contribution is 4.73. The zero-order valence-electron chi connectivity index (χ0n) is 5.42. The van der Waals surface area contributed by atoms with E-state index in [4.69, 9.17) is 11.0 Å². The summed E-state index contributed by atoms with van der Waals surface area (Å²) in [5, 5.41) is 9.16. The number of aliphatic hydroxyl groups excluding tert-OH is 1. The van der Waals surface area contributed by atoms with Crippen LogP contribution in [0.1, 0.15) is 25.7 Å². The van der Waals surface area contributed by atoms with Gasteiger partial charge in [0.05, 0.1) is 6.10 Å². The van der Waals surface area contributed by atoms with Crippen LogP contribution in [0.2, 0.25) is 0 Å². The van der Waals surface area contributed by atoms with Crippen LogP contribution in [0.3, 0.4) is 0 Å². The van der Waals surface area contributed by atoms with Gasteiger partial charge in [-0.2, -0.15) is 0 Å². The first-order chi connectivity index (χ1) is 4.34. The molecule has 1 aliphatic carbocycles. The molecule has 0 saturated heterocycles. The Hall–Kier alpha value is -0.120. The fraction of sp³-hybridized carbons (Fsp3) is 1.00. The van der Waals surface area contributed by atoms with Crippen molar-refractivity contribution in [2.45, 2.75) is 37.9 Å². The number of hydrogen-bond acceptors (Lipinski definition) is 3. The minimum Gasteiger partial charge on any atom is -0.390 e. The highest BCUT2D eigenvalue weighted by Gasteiger charge is 2.22. The summed E-state index contributed by atoms with van der Waals surface area (Å²) >= 11 is 0. The van der Waals surface area contributed by atoms with Crippen LogP contribution >= 0.6 is 0 Å². The Bertz CT molecular complexity index is 87.1. The SMILES string of the molecule is NOC1CCCCC1O. The zero-order chi connectivity index (χ0) is 6.69. The standard InChI is InChI=1S/C6H13NO2/c7-9-6-4-2-1-3-5(6)8/h5-6,8H,1-4,7H2. The predicted molar refractivity (Wildman–Crippen MR) is 33.5 cm³/mol. The van der Waals surface area contributed by atoms with Gasteiger partial charge in [0, 0.05) is 0 Å². The number of nitrogens with two attached hydrogens (primary N) is 1. The van der Waals surface area contributed by atoms with E-state index in [-0.39, 0.29) is 12.2 Å². The topological polar surface area (TPSA) is 55.5 Å². The van der Waals surface area contributed by atoms with Crippen LogP contribution in [0.15, 0.2) is 0 Å². The number of hydrogen-bond donors (Lipinski definition) is 2. The van der Waals surface area contributed by atoms with Crippen LogP contribution in [-0.4, -0.2) is 17.3 Å². The lowest BCUT2D eigenvalue weighted by Gasteiger charge is -2.24. The third kappa shape index (κ3) is 1.64. The van der Waals surface area contributed by atoms with Gasteiger partial charge in [-0.3, -0.25) is 4.84 Å². The van der Waals surface area contributed by atoms with Gasteiger partial charge in [0.25, 0.3) is 0 Å². The Labute approximate surface area is 54.8 Å². The molecule has 3 N–H and O–H groups in total. The summed E-state index contributed by atoms with van der Waals surface area (Å²) in [6, 6.07) is 0. The molecule has 54 valence electrons. The summed E-state index contributed by atoms with van der Waals surface area (Å²) in [4.78, 5) is 4.55. The Morgan fingerprint density at radius 1 is 1.33 bits per heavy atom. The van der Waals surface area contributed by atoms with E-state index in [0.29, 0.717) is 0 Å². The van der Waals surface area contributed by atoms with Crippen LogP contribution in [-0.2, 0) is 4.84 Å². The lowest BCUT2D eigenvalue weighted by Crippen LogP contribution is -2.34. The summed E-state index contributed by atoms with van der Waals surface area (Å²) in [7, 11) is 0. The third-order valence-electron chi connectivity index (χ3n) is 1.84. The average Bonchev–Trinajstić information content (AvgIpc) is 1.89. The van der Waals surface area contributed by atoms with E-state index < -0.39 is 0 Å². The lowest BCUT2D eigenvalue weighted by molar-refractivity contribution is -0.0601. The number of rotatable bonds is 1. The summed E-state index contributed by atoms with van der Waals surface area (Å²) in [6.45, 7) is 0. The molecule has 0 aliphatic heterocycles. The molecule has 0 spiro atoms. The van der Waals surface area contributed by atoms with E-state index in [0.717, 1.165) is 25.7 Å². The van der Waals surface area contributed by atoms with Crippen LogP contribution in [0.5, 0.6) is 0 Å². The second kappa shape index (κ2) is 3.15. The molecule has 0 aromatic carbocycles. The number of aliphatic hydroxyl groups is 1. The fourth-order valence-electron chi connectivity index (χ4n) is 1.24. The van der Waals surface area contributed by atoms with Crippen molar-refractivity contribution in [3.63, 3.8) is 0 Å². The van der Waals surface area contributed by atoms with Gasteiger partial charge in [-0.15, -0.1) is 0 Å². The summed E-state index contributed by atoms with van der Waals surface area (Å²) in [6.07, 6.45) is 3.52. The maximum absolute atomic E-state index is 9.16. The van der Waals surface area contributed by atoms with E-state index >= 15 is 0 Å². The molecule has 0 bridgehead atoms. The Morgan fingerprint density at radius 3 is 2.44 bits per heavy atom. The first kappa shape index (κ1) is 6.99. The molecule has 3 nitrogen and oxygen atoms in total. The van der Waals surface area contributed by atoms with E-state index in [9.17, 15) is 0 Å². The highest BCUT2D eigenvalue weighted by atomic mass is 16.6. The maximum Gasteiger partial charge on any atom is 0.105 e. The van der Waals surface area contributed by atoms with E-state index in [1.165, 1.54) is 0 Å². The molecule has 0 radical (unpaired) electrons.